The van der Waals surface area contributed by atoms with Crippen molar-refractivity contribution in [3.8, 4) is 0 Å². The van der Waals surface area contributed by atoms with Crippen LogP contribution in [0.5, 0.6) is 0 Å². The third-order valence-corrected chi connectivity index (χ3v) is 3.85. The van der Waals surface area contributed by atoms with Gasteiger partial charge < -0.3 is 5.11 Å². The van der Waals surface area contributed by atoms with Gasteiger partial charge in [0.25, 0.3) is 0 Å². The molecule has 19 heavy (non-hydrogen) atoms. The Morgan fingerprint density at radius 3 is 2.47 bits per heavy atom. The Hall–Kier alpha value is -1.74. The number of hydrogen-bond acceptors (Lipinski definition) is 2. The first-order valence-corrected chi connectivity index (χ1v) is 7.35. The number of aromatic carboxylic acids is 1. The van der Waals surface area contributed by atoms with Gasteiger partial charge in [0.05, 0.1) is 5.56 Å². The topological polar surface area (TPSA) is 37.3 Å². The predicted octanol–water partition coefficient (Wildman–Crippen LogP) is 3.86. The number of thioether (sulfide) groups is 1. The highest BCUT2D eigenvalue weighted by Crippen LogP contribution is 2.15. The van der Waals surface area contributed by atoms with Crippen LogP contribution in [0.4, 0.5) is 0 Å². The SMILES string of the molecule is O=C(O)c1cccc(CSCCc2ccccc2)c1. The lowest BCUT2D eigenvalue weighted by molar-refractivity contribution is 0.0697. The molecular weight excluding hydrogens is 256 g/mol. The Balaban J connectivity index is 1.80. The molecule has 98 valence electrons. The second-order valence-electron chi connectivity index (χ2n) is 4.29. The van der Waals surface area contributed by atoms with Crippen LogP contribution >= 0.6 is 11.8 Å². The van der Waals surface area contributed by atoms with E-state index in [4.69, 9.17) is 5.11 Å². The van der Waals surface area contributed by atoms with Crippen LogP contribution in [0, 0.1) is 0 Å². The molecule has 0 bridgehead atoms. The van der Waals surface area contributed by atoms with Gasteiger partial charge in [0.1, 0.15) is 0 Å². The van der Waals surface area contributed by atoms with Crippen molar-refractivity contribution in [2.75, 3.05) is 5.75 Å². The van der Waals surface area contributed by atoms with E-state index in [9.17, 15) is 4.79 Å². The maximum Gasteiger partial charge on any atom is 0.335 e. The van der Waals surface area contributed by atoms with Gasteiger partial charge in [-0.1, -0.05) is 42.5 Å². The Kier molecular flexibility index (Phi) is 5.04. The van der Waals surface area contributed by atoms with Gasteiger partial charge in [-0.15, -0.1) is 0 Å². The highest BCUT2D eigenvalue weighted by molar-refractivity contribution is 7.98. The summed E-state index contributed by atoms with van der Waals surface area (Å²) in [5, 5.41) is 8.92. The van der Waals surface area contributed by atoms with Gasteiger partial charge in [0, 0.05) is 5.75 Å². The monoisotopic (exact) mass is 272 g/mol. The van der Waals surface area contributed by atoms with E-state index in [2.05, 4.69) is 24.3 Å². The van der Waals surface area contributed by atoms with Gasteiger partial charge in [-0.3, -0.25) is 0 Å². The molecule has 1 N–H and O–H groups in total. The van der Waals surface area contributed by atoms with Crippen molar-refractivity contribution in [3.63, 3.8) is 0 Å². The summed E-state index contributed by atoms with van der Waals surface area (Å²) >= 11 is 1.83. The quantitative estimate of drug-likeness (QED) is 0.811. The van der Waals surface area contributed by atoms with E-state index in [-0.39, 0.29) is 0 Å². The third-order valence-electron chi connectivity index (χ3n) is 2.82. The molecule has 0 unspecified atom stereocenters. The molecule has 2 aromatic carbocycles. The molecule has 2 nitrogen and oxygen atoms in total. The number of carboxylic acids is 1. The Morgan fingerprint density at radius 2 is 1.74 bits per heavy atom. The van der Waals surface area contributed by atoms with Crippen LogP contribution in [0.3, 0.4) is 0 Å². The maximum atomic E-state index is 10.9. The molecule has 0 radical (unpaired) electrons. The van der Waals surface area contributed by atoms with Gasteiger partial charge in [-0.2, -0.15) is 11.8 Å². The summed E-state index contributed by atoms with van der Waals surface area (Å²) in [5.41, 5.74) is 2.77. The fourth-order valence-corrected chi connectivity index (χ4v) is 2.76. The second kappa shape index (κ2) is 7.00. The van der Waals surface area contributed by atoms with Crippen molar-refractivity contribution in [3.05, 3.63) is 71.3 Å². The molecule has 0 amide bonds. The molecule has 0 aliphatic rings. The molecule has 0 atom stereocenters. The van der Waals surface area contributed by atoms with Crippen molar-refractivity contribution in [2.45, 2.75) is 12.2 Å². The normalized spacial score (nSPS) is 10.3. The lowest BCUT2D eigenvalue weighted by Crippen LogP contribution is -1.97. The van der Waals surface area contributed by atoms with Crippen LogP contribution < -0.4 is 0 Å². The summed E-state index contributed by atoms with van der Waals surface area (Å²) in [6, 6.07) is 17.5. The summed E-state index contributed by atoms with van der Waals surface area (Å²) < 4.78 is 0. The maximum absolute atomic E-state index is 10.9. The zero-order chi connectivity index (χ0) is 13.5. The van der Waals surface area contributed by atoms with E-state index in [1.807, 2.05) is 23.9 Å². The average Bonchev–Trinajstić information content (AvgIpc) is 2.45. The van der Waals surface area contributed by atoms with Gasteiger partial charge >= 0.3 is 5.97 Å². The Bertz CT molecular complexity index is 537. The molecule has 0 saturated heterocycles. The van der Waals surface area contributed by atoms with E-state index in [0.29, 0.717) is 5.56 Å². The number of aryl methyl sites for hydroxylation is 1. The molecule has 0 heterocycles. The van der Waals surface area contributed by atoms with Crippen LogP contribution in [0.2, 0.25) is 0 Å². The zero-order valence-corrected chi connectivity index (χ0v) is 11.4. The summed E-state index contributed by atoms with van der Waals surface area (Å²) in [7, 11) is 0. The van der Waals surface area contributed by atoms with Crippen LogP contribution in [0.25, 0.3) is 0 Å². The smallest absolute Gasteiger partial charge is 0.335 e. The summed E-state index contributed by atoms with van der Waals surface area (Å²) in [6.45, 7) is 0. The van der Waals surface area contributed by atoms with Crippen molar-refractivity contribution >= 4 is 17.7 Å². The highest BCUT2D eigenvalue weighted by atomic mass is 32.2. The molecule has 0 spiro atoms. The number of carboxylic acid groups (broad SMARTS) is 1. The van der Waals surface area contributed by atoms with Crippen LogP contribution in [0.15, 0.2) is 54.6 Å². The number of benzene rings is 2. The lowest BCUT2D eigenvalue weighted by Gasteiger charge is -2.03. The predicted molar refractivity (Wildman–Crippen MR) is 79.7 cm³/mol. The van der Waals surface area contributed by atoms with E-state index < -0.39 is 5.97 Å². The molecule has 0 saturated carbocycles. The first-order valence-electron chi connectivity index (χ1n) is 6.19. The fourth-order valence-electron chi connectivity index (χ4n) is 1.82. The standard InChI is InChI=1S/C16H16O2S/c17-16(18)15-8-4-7-14(11-15)12-19-10-9-13-5-2-1-3-6-13/h1-8,11H,9-10,12H2,(H,17,18). The fraction of sp³-hybridized carbons (Fsp3) is 0.188. The first kappa shape index (κ1) is 13.7. The van der Waals surface area contributed by atoms with Crippen molar-refractivity contribution in [1.82, 2.24) is 0 Å². The van der Waals surface area contributed by atoms with Crippen molar-refractivity contribution in [2.24, 2.45) is 0 Å². The van der Waals surface area contributed by atoms with E-state index >= 15 is 0 Å². The number of carbonyl (C=O) groups is 1. The average molecular weight is 272 g/mol. The number of rotatable bonds is 6. The lowest BCUT2D eigenvalue weighted by atomic mass is 10.1. The van der Waals surface area contributed by atoms with Gasteiger partial charge in [-0.25, -0.2) is 4.79 Å². The van der Waals surface area contributed by atoms with Crippen LogP contribution in [-0.2, 0) is 12.2 Å². The van der Waals surface area contributed by atoms with Gasteiger partial charge in [-0.05, 0) is 35.4 Å². The van der Waals surface area contributed by atoms with Crippen LogP contribution in [0.1, 0.15) is 21.5 Å². The Labute approximate surface area is 117 Å². The summed E-state index contributed by atoms with van der Waals surface area (Å²) in [4.78, 5) is 10.9. The van der Waals surface area contributed by atoms with Crippen molar-refractivity contribution < 1.29 is 9.90 Å². The van der Waals surface area contributed by atoms with Gasteiger partial charge in [0.15, 0.2) is 0 Å². The third kappa shape index (κ3) is 4.45. The second-order valence-corrected chi connectivity index (χ2v) is 5.40. The molecule has 2 rings (SSSR count). The molecule has 0 aliphatic carbocycles. The zero-order valence-electron chi connectivity index (χ0n) is 10.6. The number of hydrogen-bond donors (Lipinski definition) is 1. The van der Waals surface area contributed by atoms with E-state index in [1.165, 1.54) is 5.56 Å². The van der Waals surface area contributed by atoms with E-state index in [1.54, 1.807) is 18.2 Å². The molecule has 2 aromatic rings. The molecule has 0 aromatic heterocycles. The Morgan fingerprint density at radius 1 is 1.00 bits per heavy atom. The minimum atomic E-state index is -0.865. The summed E-state index contributed by atoms with van der Waals surface area (Å²) in [6.07, 6.45) is 1.05. The van der Waals surface area contributed by atoms with Crippen molar-refractivity contribution in [1.29, 1.82) is 0 Å². The minimum Gasteiger partial charge on any atom is -0.478 e. The highest BCUT2D eigenvalue weighted by Gasteiger charge is 2.03. The molecule has 0 aliphatic heterocycles. The molecular formula is C16H16O2S. The van der Waals surface area contributed by atoms with E-state index in [0.717, 1.165) is 23.5 Å². The largest absolute Gasteiger partial charge is 0.478 e. The van der Waals surface area contributed by atoms with Gasteiger partial charge in [0.2, 0.25) is 0 Å². The minimum absolute atomic E-state index is 0.362. The molecule has 0 fully saturated rings. The van der Waals surface area contributed by atoms with Crippen LogP contribution in [-0.4, -0.2) is 16.8 Å². The summed E-state index contributed by atoms with van der Waals surface area (Å²) in [5.74, 6) is 1.03. The first-order chi connectivity index (χ1) is 9.25. The molecule has 3 heteroatoms.